The van der Waals surface area contributed by atoms with Crippen molar-refractivity contribution in [2.45, 2.75) is 13.0 Å². The Kier molecular flexibility index (Phi) is 3.30. The average Bonchev–Trinajstić information content (AvgIpc) is 3.17. The number of amides is 1. The van der Waals surface area contributed by atoms with Gasteiger partial charge >= 0.3 is 6.09 Å². The standard InChI is InChI=1S/C15H13N5O2S/c1-9-8-22-15(21)20(9)11-3-2-10-7-16-14(18-12(10)6-11)19-13-4-5-17-23-13/h2-7,9H,8H2,1H3,(H,16,18,19)/t9-/m0/s1. The predicted molar refractivity (Wildman–Crippen MR) is 88.2 cm³/mol. The van der Waals surface area contributed by atoms with E-state index in [4.69, 9.17) is 4.74 Å². The first-order chi connectivity index (χ1) is 11.2. The zero-order valence-corrected chi connectivity index (χ0v) is 13.1. The van der Waals surface area contributed by atoms with Gasteiger partial charge in [-0.1, -0.05) is 0 Å². The molecule has 0 saturated carbocycles. The van der Waals surface area contributed by atoms with Crippen LogP contribution in [-0.4, -0.2) is 33.1 Å². The number of rotatable bonds is 3. The molecule has 1 N–H and O–H groups in total. The van der Waals surface area contributed by atoms with Crippen LogP contribution in [0.4, 0.5) is 21.4 Å². The van der Waals surface area contributed by atoms with E-state index in [2.05, 4.69) is 19.7 Å². The van der Waals surface area contributed by atoms with Gasteiger partial charge in [-0.25, -0.2) is 14.8 Å². The third kappa shape index (κ3) is 2.57. The molecule has 1 fully saturated rings. The summed E-state index contributed by atoms with van der Waals surface area (Å²) in [5.74, 6) is 0.496. The summed E-state index contributed by atoms with van der Waals surface area (Å²) in [4.78, 5) is 22.3. The summed E-state index contributed by atoms with van der Waals surface area (Å²) in [5.41, 5.74) is 1.53. The first kappa shape index (κ1) is 13.9. The number of cyclic esters (lactones) is 1. The molecule has 1 amide bonds. The number of hydrogen-bond donors (Lipinski definition) is 1. The molecule has 7 nitrogen and oxygen atoms in total. The van der Waals surface area contributed by atoms with Gasteiger partial charge in [-0.05, 0) is 42.7 Å². The lowest BCUT2D eigenvalue weighted by atomic mass is 10.2. The van der Waals surface area contributed by atoms with Gasteiger partial charge in [0.05, 0.1) is 11.6 Å². The molecular weight excluding hydrogens is 314 g/mol. The first-order valence-electron chi connectivity index (χ1n) is 7.11. The Morgan fingerprint density at radius 2 is 2.30 bits per heavy atom. The summed E-state index contributed by atoms with van der Waals surface area (Å²) in [6, 6.07) is 7.52. The SMILES string of the molecule is C[C@H]1COC(=O)N1c1ccc2cnc(Nc3ccns3)nc2c1. The molecule has 1 aromatic carbocycles. The summed E-state index contributed by atoms with van der Waals surface area (Å²) >= 11 is 1.34. The van der Waals surface area contributed by atoms with Crippen molar-refractivity contribution in [2.24, 2.45) is 0 Å². The van der Waals surface area contributed by atoms with Crippen LogP contribution in [0.25, 0.3) is 10.9 Å². The number of nitrogens with zero attached hydrogens (tertiary/aromatic N) is 4. The number of benzene rings is 1. The molecule has 1 aliphatic rings. The average molecular weight is 327 g/mol. The number of aromatic nitrogens is 3. The molecule has 1 saturated heterocycles. The molecule has 0 aliphatic carbocycles. The number of anilines is 3. The highest BCUT2D eigenvalue weighted by molar-refractivity contribution is 7.10. The number of carbonyl (C=O) groups excluding carboxylic acids is 1. The first-order valence-corrected chi connectivity index (χ1v) is 7.88. The van der Waals surface area contributed by atoms with Crippen LogP contribution in [0.1, 0.15) is 6.92 Å². The Labute approximate surface area is 136 Å². The summed E-state index contributed by atoms with van der Waals surface area (Å²) < 4.78 is 9.10. The third-order valence-electron chi connectivity index (χ3n) is 3.60. The monoisotopic (exact) mass is 327 g/mol. The van der Waals surface area contributed by atoms with Crippen molar-refractivity contribution in [3.63, 3.8) is 0 Å². The van der Waals surface area contributed by atoms with E-state index in [1.807, 2.05) is 31.2 Å². The summed E-state index contributed by atoms with van der Waals surface area (Å²) in [6.45, 7) is 2.35. The number of hydrogen-bond acceptors (Lipinski definition) is 7. The molecule has 0 radical (unpaired) electrons. The van der Waals surface area contributed by atoms with Crippen molar-refractivity contribution >= 4 is 45.2 Å². The van der Waals surface area contributed by atoms with Crippen molar-refractivity contribution in [2.75, 3.05) is 16.8 Å². The highest BCUT2D eigenvalue weighted by atomic mass is 32.1. The smallest absolute Gasteiger partial charge is 0.414 e. The van der Waals surface area contributed by atoms with Crippen molar-refractivity contribution in [1.82, 2.24) is 14.3 Å². The van der Waals surface area contributed by atoms with Crippen LogP contribution < -0.4 is 10.2 Å². The molecule has 3 heterocycles. The zero-order chi connectivity index (χ0) is 15.8. The predicted octanol–water partition coefficient (Wildman–Crippen LogP) is 3.18. The Morgan fingerprint density at radius 1 is 1.39 bits per heavy atom. The fourth-order valence-corrected chi connectivity index (χ4v) is 2.98. The third-order valence-corrected chi connectivity index (χ3v) is 4.26. The van der Waals surface area contributed by atoms with Crippen molar-refractivity contribution in [3.8, 4) is 0 Å². The Hall–Kier alpha value is -2.74. The van der Waals surface area contributed by atoms with Gasteiger partial charge in [0.25, 0.3) is 0 Å². The van der Waals surface area contributed by atoms with Gasteiger partial charge in [-0.15, -0.1) is 0 Å². The van der Waals surface area contributed by atoms with Crippen LogP contribution in [0.15, 0.2) is 36.7 Å². The van der Waals surface area contributed by atoms with E-state index in [1.165, 1.54) is 11.5 Å². The normalized spacial score (nSPS) is 17.5. The second kappa shape index (κ2) is 5.47. The Morgan fingerprint density at radius 3 is 3.04 bits per heavy atom. The molecule has 23 heavy (non-hydrogen) atoms. The lowest BCUT2D eigenvalue weighted by molar-refractivity contribution is 0.179. The Balaban J connectivity index is 1.70. The fraction of sp³-hybridized carbons (Fsp3) is 0.200. The maximum Gasteiger partial charge on any atom is 0.414 e. The highest BCUT2D eigenvalue weighted by Crippen LogP contribution is 2.27. The maximum atomic E-state index is 11.9. The minimum Gasteiger partial charge on any atom is -0.447 e. The van der Waals surface area contributed by atoms with Crippen LogP contribution in [0.2, 0.25) is 0 Å². The fourth-order valence-electron chi connectivity index (χ4n) is 2.49. The number of carbonyl (C=O) groups is 1. The summed E-state index contributed by atoms with van der Waals surface area (Å²) in [6.07, 6.45) is 3.14. The van der Waals surface area contributed by atoms with Crippen LogP contribution >= 0.6 is 11.5 Å². The largest absolute Gasteiger partial charge is 0.447 e. The van der Waals surface area contributed by atoms with Gasteiger partial charge in [0.1, 0.15) is 11.6 Å². The molecule has 4 rings (SSSR count). The van der Waals surface area contributed by atoms with Crippen LogP contribution in [0.3, 0.4) is 0 Å². The minimum atomic E-state index is -0.325. The molecule has 1 atom stereocenters. The van der Waals surface area contributed by atoms with Gasteiger partial charge in [0, 0.05) is 23.5 Å². The van der Waals surface area contributed by atoms with Crippen molar-refractivity contribution < 1.29 is 9.53 Å². The van der Waals surface area contributed by atoms with Gasteiger partial charge in [-0.2, -0.15) is 4.37 Å². The summed E-state index contributed by atoms with van der Waals surface area (Å²) in [7, 11) is 0. The molecule has 116 valence electrons. The van der Waals surface area contributed by atoms with E-state index < -0.39 is 0 Å². The zero-order valence-electron chi connectivity index (χ0n) is 12.3. The topological polar surface area (TPSA) is 80.2 Å². The molecular formula is C15H13N5O2S. The van der Waals surface area contributed by atoms with Gasteiger partial charge in [0.2, 0.25) is 5.95 Å². The van der Waals surface area contributed by atoms with Gasteiger partial charge in [0.15, 0.2) is 0 Å². The van der Waals surface area contributed by atoms with Crippen molar-refractivity contribution in [3.05, 3.63) is 36.7 Å². The van der Waals surface area contributed by atoms with Crippen molar-refractivity contribution in [1.29, 1.82) is 0 Å². The molecule has 8 heteroatoms. The van der Waals surface area contributed by atoms with Gasteiger partial charge < -0.3 is 10.1 Å². The Bertz CT molecular complexity index is 867. The second-order valence-electron chi connectivity index (χ2n) is 5.23. The molecule has 0 bridgehead atoms. The number of ether oxygens (including phenoxy) is 1. The van der Waals surface area contributed by atoms with Crippen LogP contribution in [0, 0.1) is 0 Å². The lowest BCUT2D eigenvalue weighted by Crippen LogP contribution is -2.30. The van der Waals surface area contributed by atoms with E-state index in [0.29, 0.717) is 12.6 Å². The van der Waals surface area contributed by atoms with E-state index in [9.17, 15) is 4.79 Å². The minimum absolute atomic E-state index is 0.0107. The number of nitrogens with one attached hydrogen (secondary N) is 1. The maximum absolute atomic E-state index is 11.9. The van der Waals surface area contributed by atoms with E-state index in [0.717, 1.165) is 21.6 Å². The molecule has 1 aliphatic heterocycles. The van der Waals surface area contributed by atoms with Gasteiger partial charge in [-0.3, -0.25) is 4.90 Å². The van der Waals surface area contributed by atoms with Crippen LogP contribution in [0.5, 0.6) is 0 Å². The molecule has 0 unspecified atom stereocenters. The molecule has 3 aromatic rings. The molecule has 2 aromatic heterocycles. The lowest BCUT2D eigenvalue weighted by Gasteiger charge is -2.18. The van der Waals surface area contributed by atoms with E-state index >= 15 is 0 Å². The quantitative estimate of drug-likeness (QED) is 0.796. The second-order valence-corrected chi connectivity index (χ2v) is 6.07. The summed E-state index contributed by atoms with van der Waals surface area (Å²) in [5, 5.41) is 4.89. The number of fused-ring (bicyclic) bond motifs is 1. The van der Waals surface area contributed by atoms with E-state index in [1.54, 1.807) is 17.3 Å². The van der Waals surface area contributed by atoms with Crippen LogP contribution in [-0.2, 0) is 4.74 Å². The highest BCUT2D eigenvalue weighted by Gasteiger charge is 2.30. The molecule has 0 spiro atoms. The van der Waals surface area contributed by atoms with E-state index in [-0.39, 0.29) is 12.1 Å².